The molecule has 0 unspecified atom stereocenters. The lowest BCUT2D eigenvalue weighted by molar-refractivity contribution is 0.426. The molecule has 1 saturated heterocycles. The van der Waals surface area contributed by atoms with Crippen molar-refractivity contribution >= 4 is 5.95 Å². The SMILES string of the molecule is CCc1c(C)noc1-c1cnc(N2CCCCC2)nc1-c1cnc(C)cn1. The maximum atomic E-state index is 5.65. The zero-order valence-corrected chi connectivity index (χ0v) is 16.1. The molecule has 27 heavy (non-hydrogen) atoms. The molecule has 0 amide bonds. The molecule has 0 spiro atoms. The fraction of sp³-hybridized carbons (Fsp3) is 0.450. The first-order valence-electron chi connectivity index (χ1n) is 9.54. The maximum Gasteiger partial charge on any atom is 0.225 e. The number of aromatic nitrogens is 5. The Morgan fingerprint density at radius 2 is 1.81 bits per heavy atom. The van der Waals surface area contributed by atoms with Crippen LogP contribution < -0.4 is 4.90 Å². The van der Waals surface area contributed by atoms with Gasteiger partial charge in [0.2, 0.25) is 5.95 Å². The molecule has 140 valence electrons. The van der Waals surface area contributed by atoms with Gasteiger partial charge in [-0.2, -0.15) is 0 Å². The van der Waals surface area contributed by atoms with Crippen molar-refractivity contribution in [3.8, 4) is 22.7 Å². The van der Waals surface area contributed by atoms with Crippen molar-refractivity contribution in [2.24, 2.45) is 0 Å². The predicted molar refractivity (Wildman–Crippen MR) is 103 cm³/mol. The molecular weight excluding hydrogens is 340 g/mol. The molecule has 3 aromatic heterocycles. The molecule has 0 radical (unpaired) electrons. The Morgan fingerprint density at radius 3 is 2.52 bits per heavy atom. The second-order valence-corrected chi connectivity index (χ2v) is 6.95. The van der Waals surface area contributed by atoms with Crippen molar-refractivity contribution in [1.29, 1.82) is 0 Å². The molecule has 1 aliphatic heterocycles. The van der Waals surface area contributed by atoms with Gasteiger partial charge >= 0.3 is 0 Å². The normalized spacial score (nSPS) is 14.6. The number of piperidine rings is 1. The highest BCUT2D eigenvalue weighted by atomic mass is 16.5. The zero-order valence-electron chi connectivity index (χ0n) is 16.1. The number of hydrogen-bond acceptors (Lipinski definition) is 7. The molecule has 4 rings (SSSR count). The van der Waals surface area contributed by atoms with Gasteiger partial charge in [0.25, 0.3) is 0 Å². The van der Waals surface area contributed by atoms with E-state index in [1.165, 1.54) is 19.3 Å². The van der Waals surface area contributed by atoms with Crippen LogP contribution in [-0.2, 0) is 6.42 Å². The summed E-state index contributed by atoms with van der Waals surface area (Å²) in [5.41, 5.74) is 5.11. The Labute approximate surface area is 158 Å². The molecule has 7 nitrogen and oxygen atoms in total. The van der Waals surface area contributed by atoms with Crippen LogP contribution in [0.25, 0.3) is 22.7 Å². The van der Waals surface area contributed by atoms with Crippen LogP contribution in [0.3, 0.4) is 0 Å². The van der Waals surface area contributed by atoms with Crippen molar-refractivity contribution in [3.63, 3.8) is 0 Å². The number of hydrogen-bond donors (Lipinski definition) is 0. The van der Waals surface area contributed by atoms with Gasteiger partial charge in [-0.25, -0.2) is 9.97 Å². The standard InChI is InChI=1S/C20H24N6O/c1-4-15-14(3)25-27-19(15)16-11-23-20(26-8-6-5-7-9-26)24-18(16)17-12-21-13(2)10-22-17/h10-12H,4-9H2,1-3H3. The van der Waals surface area contributed by atoms with Crippen LogP contribution in [0, 0.1) is 13.8 Å². The lowest BCUT2D eigenvalue weighted by Gasteiger charge is -2.27. The number of aryl methyl sites for hydroxylation is 2. The van der Waals surface area contributed by atoms with Gasteiger partial charge in [0.1, 0.15) is 11.4 Å². The van der Waals surface area contributed by atoms with Gasteiger partial charge in [0.05, 0.1) is 23.1 Å². The highest BCUT2D eigenvalue weighted by Crippen LogP contribution is 2.34. The van der Waals surface area contributed by atoms with Gasteiger partial charge in [0.15, 0.2) is 5.76 Å². The highest BCUT2D eigenvalue weighted by molar-refractivity contribution is 5.78. The van der Waals surface area contributed by atoms with Crippen molar-refractivity contribution < 1.29 is 4.52 Å². The molecule has 0 aromatic carbocycles. The molecule has 3 aromatic rings. The Balaban J connectivity index is 1.85. The van der Waals surface area contributed by atoms with Crippen LogP contribution in [0.15, 0.2) is 23.1 Å². The second-order valence-electron chi connectivity index (χ2n) is 6.95. The van der Waals surface area contributed by atoms with E-state index in [0.29, 0.717) is 5.69 Å². The minimum atomic E-state index is 0.715. The van der Waals surface area contributed by atoms with E-state index in [0.717, 1.165) is 59.4 Å². The summed E-state index contributed by atoms with van der Waals surface area (Å²) in [7, 11) is 0. The molecule has 0 atom stereocenters. The van der Waals surface area contributed by atoms with Crippen LogP contribution in [0.4, 0.5) is 5.95 Å². The summed E-state index contributed by atoms with van der Waals surface area (Å²) in [6.45, 7) is 7.95. The molecule has 1 fully saturated rings. The van der Waals surface area contributed by atoms with Crippen LogP contribution in [0.2, 0.25) is 0 Å². The van der Waals surface area contributed by atoms with Gasteiger partial charge in [-0.05, 0) is 39.5 Å². The summed E-state index contributed by atoms with van der Waals surface area (Å²) in [6, 6.07) is 0. The second kappa shape index (κ2) is 7.42. The van der Waals surface area contributed by atoms with Gasteiger partial charge in [-0.15, -0.1) is 0 Å². The summed E-state index contributed by atoms with van der Waals surface area (Å²) in [5, 5.41) is 4.15. The number of rotatable bonds is 4. The molecule has 0 bridgehead atoms. The van der Waals surface area contributed by atoms with Gasteiger partial charge in [0, 0.05) is 31.0 Å². The van der Waals surface area contributed by atoms with E-state index in [-0.39, 0.29) is 0 Å². The topological polar surface area (TPSA) is 80.8 Å². The molecule has 0 aliphatic carbocycles. The van der Waals surface area contributed by atoms with Crippen LogP contribution in [0.1, 0.15) is 43.1 Å². The Bertz CT molecular complexity index is 928. The van der Waals surface area contributed by atoms with Crippen molar-refractivity contribution in [2.45, 2.75) is 46.5 Å². The Hall–Kier alpha value is -2.83. The lowest BCUT2D eigenvalue weighted by atomic mass is 10.0. The summed E-state index contributed by atoms with van der Waals surface area (Å²) in [4.78, 5) is 20.7. The van der Waals surface area contributed by atoms with Gasteiger partial charge < -0.3 is 9.42 Å². The molecule has 0 saturated carbocycles. The third-order valence-corrected chi connectivity index (χ3v) is 5.02. The summed E-state index contributed by atoms with van der Waals surface area (Å²) in [5.74, 6) is 1.46. The van der Waals surface area contributed by atoms with E-state index in [1.54, 1.807) is 12.4 Å². The monoisotopic (exact) mass is 364 g/mol. The first-order valence-corrected chi connectivity index (χ1v) is 9.54. The molecule has 1 aliphatic rings. The first-order chi connectivity index (χ1) is 13.2. The number of nitrogens with zero attached hydrogens (tertiary/aromatic N) is 6. The predicted octanol–water partition coefficient (Wildman–Crippen LogP) is 3.76. The lowest BCUT2D eigenvalue weighted by Crippen LogP contribution is -2.31. The largest absolute Gasteiger partial charge is 0.356 e. The van der Waals surface area contributed by atoms with E-state index in [4.69, 9.17) is 9.51 Å². The van der Waals surface area contributed by atoms with Gasteiger partial charge in [-0.1, -0.05) is 12.1 Å². The summed E-state index contributed by atoms with van der Waals surface area (Å²) in [6.07, 6.45) is 9.80. The van der Waals surface area contributed by atoms with Crippen molar-refractivity contribution in [1.82, 2.24) is 25.1 Å². The van der Waals surface area contributed by atoms with Crippen molar-refractivity contribution in [2.75, 3.05) is 18.0 Å². The highest BCUT2D eigenvalue weighted by Gasteiger charge is 2.22. The Morgan fingerprint density at radius 1 is 1.00 bits per heavy atom. The maximum absolute atomic E-state index is 5.65. The average Bonchev–Trinajstić information content (AvgIpc) is 3.09. The summed E-state index contributed by atoms with van der Waals surface area (Å²) >= 11 is 0. The van der Waals surface area contributed by atoms with Crippen molar-refractivity contribution in [3.05, 3.63) is 35.5 Å². The zero-order chi connectivity index (χ0) is 18.8. The van der Waals surface area contributed by atoms with E-state index in [2.05, 4.69) is 31.9 Å². The molecule has 0 N–H and O–H groups in total. The average molecular weight is 364 g/mol. The fourth-order valence-corrected chi connectivity index (χ4v) is 3.51. The number of anilines is 1. The fourth-order valence-electron chi connectivity index (χ4n) is 3.51. The third-order valence-electron chi connectivity index (χ3n) is 5.02. The summed E-state index contributed by atoms with van der Waals surface area (Å²) < 4.78 is 5.65. The van der Waals surface area contributed by atoms with Crippen LogP contribution in [0.5, 0.6) is 0 Å². The van der Waals surface area contributed by atoms with Crippen LogP contribution in [-0.4, -0.2) is 38.2 Å². The van der Waals surface area contributed by atoms with E-state index < -0.39 is 0 Å². The smallest absolute Gasteiger partial charge is 0.225 e. The minimum absolute atomic E-state index is 0.715. The van der Waals surface area contributed by atoms with Gasteiger partial charge in [-0.3, -0.25) is 9.97 Å². The quantitative estimate of drug-likeness (QED) is 0.697. The van der Waals surface area contributed by atoms with E-state index in [9.17, 15) is 0 Å². The van der Waals surface area contributed by atoms with Crippen LogP contribution >= 0.6 is 0 Å². The molecule has 7 heteroatoms. The first kappa shape index (κ1) is 17.6. The van der Waals surface area contributed by atoms with E-state index >= 15 is 0 Å². The molecule has 4 heterocycles. The van der Waals surface area contributed by atoms with E-state index in [1.807, 2.05) is 20.0 Å². The third kappa shape index (κ3) is 3.41. The Kier molecular flexibility index (Phi) is 4.83. The molecular formula is C20H24N6O. The minimum Gasteiger partial charge on any atom is -0.356 e.